The van der Waals surface area contributed by atoms with Crippen molar-refractivity contribution < 1.29 is 18.7 Å². The maximum absolute atomic E-state index is 12.4. The highest BCUT2D eigenvalue weighted by atomic mass is 79.9. The van der Waals surface area contributed by atoms with E-state index in [1.807, 2.05) is 51.1 Å². The molecule has 2 aromatic rings. The molecule has 0 unspecified atom stereocenters. The lowest BCUT2D eigenvalue weighted by atomic mass is 9.96. The highest BCUT2D eigenvalue weighted by Crippen LogP contribution is 2.44. The van der Waals surface area contributed by atoms with Gasteiger partial charge in [0.1, 0.15) is 17.6 Å². The van der Waals surface area contributed by atoms with Crippen molar-refractivity contribution in [1.82, 2.24) is 4.90 Å². The predicted molar refractivity (Wildman–Crippen MR) is 140 cm³/mol. The van der Waals surface area contributed by atoms with Gasteiger partial charge in [-0.2, -0.15) is 0 Å². The largest absolute Gasteiger partial charge is 0.489 e. The molecule has 7 heteroatoms. The average molecular weight is 549 g/mol. The minimum atomic E-state index is -0.549. The summed E-state index contributed by atoms with van der Waals surface area (Å²) in [4.78, 5) is 15.6. The van der Waals surface area contributed by atoms with E-state index in [2.05, 4.69) is 33.0 Å². The van der Waals surface area contributed by atoms with Crippen LogP contribution in [0.5, 0.6) is 11.5 Å². The number of carbonyl (C=O) groups excluding carboxylic acids is 1. The van der Waals surface area contributed by atoms with E-state index in [4.69, 9.17) is 9.47 Å². The lowest BCUT2D eigenvalue weighted by molar-refractivity contribution is -0.143. The smallest absolute Gasteiger partial charge is 0.316 e. The van der Waals surface area contributed by atoms with Crippen LogP contribution in [0.1, 0.15) is 44.7 Å². The van der Waals surface area contributed by atoms with Gasteiger partial charge in [0, 0.05) is 40.3 Å². The Bertz CT molecular complexity index is 1060. The van der Waals surface area contributed by atoms with Gasteiger partial charge in [0.15, 0.2) is 0 Å². The second kappa shape index (κ2) is 10.8. The molecule has 0 aliphatic carbocycles. The monoisotopic (exact) mass is 547 g/mol. The van der Waals surface area contributed by atoms with Crippen LogP contribution in [0.15, 0.2) is 51.8 Å². The van der Waals surface area contributed by atoms with Crippen LogP contribution in [-0.4, -0.2) is 49.0 Å². The van der Waals surface area contributed by atoms with Crippen molar-refractivity contribution in [2.75, 3.05) is 32.1 Å². The maximum atomic E-state index is 12.4. The number of halogens is 2. The Labute approximate surface area is 214 Å². The molecule has 0 saturated carbocycles. The van der Waals surface area contributed by atoms with E-state index in [1.54, 1.807) is 11.8 Å². The standard InChI is InChI=1S/C27H31BrFNO3S/c1-27(2,3)26(31)33-20-9-10-22-24(15-20)34-17-23(28)25(22)18-5-7-19(8-6-18)32-21-11-14-30(16-21)13-4-12-29/h5-10,15,21H,4,11-14,16-17H2,1-3H3/t21-/m0/s1. The Hall–Kier alpha value is -1.83. The number of hydrogen-bond acceptors (Lipinski definition) is 5. The lowest BCUT2D eigenvalue weighted by Crippen LogP contribution is -2.26. The van der Waals surface area contributed by atoms with Crippen LogP contribution in [0.3, 0.4) is 0 Å². The summed E-state index contributed by atoms with van der Waals surface area (Å²) in [5.41, 5.74) is 2.82. The molecule has 0 N–H and O–H groups in total. The molecule has 2 aliphatic rings. The fourth-order valence-corrected chi connectivity index (χ4v) is 5.83. The number of thioether (sulfide) groups is 1. The molecular weight excluding hydrogens is 517 g/mol. The summed E-state index contributed by atoms with van der Waals surface area (Å²) in [6, 6.07) is 14.1. The average Bonchev–Trinajstić information content (AvgIpc) is 3.25. The SMILES string of the molecule is CC(C)(C)C(=O)Oc1ccc2c(c1)SCC(Br)=C2c1ccc(O[C@H]2CCN(CCCF)C2)cc1. The molecule has 0 radical (unpaired) electrons. The van der Waals surface area contributed by atoms with Gasteiger partial charge in [-0.15, -0.1) is 11.8 Å². The van der Waals surface area contributed by atoms with Crippen LogP contribution >= 0.6 is 27.7 Å². The number of rotatable bonds is 7. The van der Waals surface area contributed by atoms with Gasteiger partial charge in [0.25, 0.3) is 0 Å². The molecule has 1 atom stereocenters. The second-order valence-corrected chi connectivity index (χ2v) is 11.7. The van der Waals surface area contributed by atoms with Gasteiger partial charge in [-0.05, 0) is 75.1 Å². The van der Waals surface area contributed by atoms with Crippen LogP contribution in [-0.2, 0) is 4.79 Å². The predicted octanol–water partition coefficient (Wildman–Crippen LogP) is 6.71. The first-order valence-electron chi connectivity index (χ1n) is 11.7. The van der Waals surface area contributed by atoms with Crippen LogP contribution < -0.4 is 9.47 Å². The van der Waals surface area contributed by atoms with E-state index in [-0.39, 0.29) is 18.7 Å². The number of esters is 1. The first-order valence-corrected chi connectivity index (χ1v) is 13.5. The van der Waals surface area contributed by atoms with Crippen molar-refractivity contribution in [3.8, 4) is 11.5 Å². The summed E-state index contributed by atoms with van der Waals surface area (Å²) >= 11 is 5.50. The van der Waals surface area contributed by atoms with E-state index >= 15 is 0 Å². The van der Waals surface area contributed by atoms with E-state index in [9.17, 15) is 9.18 Å². The molecule has 1 fully saturated rings. The fourth-order valence-electron chi connectivity index (χ4n) is 4.10. The maximum Gasteiger partial charge on any atom is 0.316 e. The van der Waals surface area contributed by atoms with Gasteiger partial charge in [-0.25, -0.2) is 0 Å². The highest BCUT2D eigenvalue weighted by Gasteiger charge is 2.26. The topological polar surface area (TPSA) is 38.8 Å². The normalized spacial score (nSPS) is 18.7. The zero-order chi connectivity index (χ0) is 24.3. The third kappa shape index (κ3) is 6.04. The number of fused-ring (bicyclic) bond motifs is 1. The molecule has 4 nitrogen and oxygen atoms in total. The van der Waals surface area contributed by atoms with Gasteiger partial charge >= 0.3 is 5.97 Å². The van der Waals surface area contributed by atoms with E-state index in [1.165, 1.54) is 0 Å². The molecule has 2 aromatic carbocycles. The minimum Gasteiger partial charge on any atom is -0.489 e. The first kappa shape index (κ1) is 25.3. The van der Waals surface area contributed by atoms with Crippen molar-refractivity contribution in [3.05, 3.63) is 58.1 Å². The summed E-state index contributed by atoms with van der Waals surface area (Å²) < 4.78 is 25.4. The Morgan fingerprint density at radius 2 is 1.91 bits per heavy atom. The molecule has 0 aromatic heterocycles. The van der Waals surface area contributed by atoms with Crippen LogP contribution in [0.2, 0.25) is 0 Å². The quantitative estimate of drug-likeness (QED) is 0.284. The van der Waals surface area contributed by atoms with Gasteiger partial charge in [-0.3, -0.25) is 14.1 Å². The van der Waals surface area contributed by atoms with Gasteiger partial charge < -0.3 is 9.47 Å². The van der Waals surface area contributed by atoms with E-state index in [0.29, 0.717) is 12.2 Å². The molecular formula is C27H31BrFNO3S. The summed E-state index contributed by atoms with van der Waals surface area (Å²) in [6.45, 7) is 7.90. The summed E-state index contributed by atoms with van der Waals surface area (Å²) in [5.74, 6) is 2.00. The highest BCUT2D eigenvalue weighted by molar-refractivity contribution is 9.12. The number of ether oxygens (including phenoxy) is 2. The number of alkyl halides is 1. The number of benzene rings is 2. The third-order valence-electron chi connectivity index (χ3n) is 5.95. The molecule has 0 amide bonds. The molecule has 2 heterocycles. The molecule has 4 rings (SSSR count). The van der Waals surface area contributed by atoms with Crippen LogP contribution in [0.25, 0.3) is 5.57 Å². The summed E-state index contributed by atoms with van der Waals surface area (Å²) in [7, 11) is 0. The van der Waals surface area contributed by atoms with E-state index in [0.717, 1.165) is 63.6 Å². The Balaban J connectivity index is 1.47. The minimum absolute atomic E-state index is 0.150. The van der Waals surface area contributed by atoms with Crippen molar-refractivity contribution in [2.24, 2.45) is 5.41 Å². The Morgan fingerprint density at radius 3 is 2.62 bits per heavy atom. The number of nitrogens with zero attached hydrogens (tertiary/aromatic N) is 1. The van der Waals surface area contributed by atoms with Gasteiger partial charge in [0.05, 0.1) is 12.1 Å². The second-order valence-electron chi connectivity index (χ2n) is 9.76. The first-order chi connectivity index (χ1) is 16.2. The number of carbonyl (C=O) groups is 1. The van der Waals surface area contributed by atoms with Crippen molar-refractivity contribution >= 4 is 39.2 Å². The number of hydrogen-bond donors (Lipinski definition) is 0. The molecule has 1 saturated heterocycles. The fraction of sp³-hybridized carbons (Fsp3) is 0.444. The van der Waals surface area contributed by atoms with Crippen molar-refractivity contribution in [2.45, 2.75) is 44.6 Å². The molecule has 0 bridgehead atoms. The summed E-state index contributed by atoms with van der Waals surface area (Å²) in [5, 5.41) is 0. The zero-order valence-corrected chi connectivity index (χ0v) is 22.3. The van der Waals surface area contributed by atoms with Gasteiger partial charge in [0.2, 0.25) is 0 Å². The molecule has 2 aliphatic heterocycles. The van der Waals surface area contributed by atoms with E-state index < -0.39 is 5.41 Å². The lowest BCUT2D eigenvalue weighted by Gasteiger charge is -2.22. The summed E-state index contributed by atoms with van der Waals surface area (Å²) in [6.07, 6.45) is 1.71. The third-order valence-corrected chi connectivity index (χ3v) is 8.08. The molecule has 0 spiro atoms. The zero-order valence-electron chi connectivity index (χ0n) is 19.9. The molecule has 182 valence electrons. The van der Waals surface area contributed by atoms with Crippen LogP contribution in [0, 0.1) is 5.41 Å². The Morgan fingerprint density at radius 1 is 1.18 bits per heavy atom. The molecule has 34 heavy (non-hydrogen) atoms. The van der Waals surface area contributed by atoms with Crippen LogP contribution in [0.4, 0.5) is 4.39 Å². The van der Waals surface area contributed by atoms with Crippen molar-refractivity contribution in [1.29, 1.82) is 0 Å². The number of likely N-dealkylation sites (tertiary alicyclic amines) is 1. The Kier molecular flexibility index (Phi) is 8.05. The van der Waals surface area contributed by atoms with Gasteiger partial charge in [-0.1, -0.05) is 28.1 Å². The van der Waals surface area contributed by atoms with Crippen molar-refractivity contribution in [3.63, 3.8) is 0 Å².